The summed E-state index contributed by atoms with van der Waals surface area (Å²) in [4.78, 5) is 2.21. The topological polar surface area (TPSA) is 87.2 Å². The van der Waals surface area contributed by atoms with Crippen LogP contribution < -0.4 is 9.64 Å². The summed E-state index contributed by atoms with van der Waals surface area (Å²) in [6, 6.07) is 9.11. The van der Waals surface area contributed by atoms with Crippen LogP contribution in [-0.4, -0.2) is 71.8 Å². The minimum Gasteiger partial charge on any atom is -0.495 e. The molecule has 2 saturated heterocycles. The Hall–Kier alpha value is -1.56. The zero-order valence-electron chi connectivity index (χ0n) is 19.7. The van der Waals surface area contributed by atoms with Crippen LogP contribution in [0.5, 0.6) is 5.75 Å². The third-order valence-corrected chi connectivity index (χ3v) is 10.6. The van der Waals surface area contributed by atoms with E-state index in [-0.39, 0.29) is 32.9 Å². The molecule has 8 nitrogen and oxygen atoms in total. The van der Waals surface area contributed by atoms with Gasteiger partial charge in [-0.25, -0.2) is 16.8 Å². The molecule has 2 aromatic carbocycles. The molecule has 2 aromatic rings. The highest BCUT2D eigenvalue weighted by atomic mass is 35.5. The number of hydrogen-bond acceptors (Lipinski definition) is 6. The number of ether oxygens (including phenoxy) is 1. The van der Waals surface area contributed by atoms with Gasteiger partial charge in [-0.05, 0) is 55.2 Å². The van der Waals surface area contributed by atoms with E-state index in [0.29, 0.717) is 43.5 Å². The molecule has 192 valence electrons. The molecule has 0 bridgehead atoms. The minimum absolute atomic E-state index is 0.0462. The highest BCUT2D eigenvalue weighted by Crippen LogP contribution is 2.34. The Morgan fingerprint density at radius 1 is 0.829 bits per heavy atom. The van der Waals surface area contributed by atoms with Crippen LogP contribution in [0.25, 0.3) is 0 Å². The number of halogens is 2. The standard InChI is InChI=1S/C23H29Cl2N3O5S2/c1-17-4-3-7-28(16-17)34(29,30)20-5-6-23(33-2)22(15-20)26-8-10-27(11-9-26)35(31,32)21-13-18(24)12-19(25)14-21/h5-6,12-15,17H,3-4,7-11,16H2,1-2H3. The molecule has 0 aliphatic carbocycles. The van der Waals surface area contributed by atoms with Crippen molar-refractivity contribution in [1.82, 2.24) is 8.61 Å². The number of anilines is 1. The third-order valence-electron chi connectivity index (χ3n) is 6.46. The first kappa shape index (κ1) is 26.5. The molecule has 12 heteroatoms. The lowest BCUT2D eigenvalue weighted by molar-refractivity contribution is 0.281. The van der Waals surface area contributed by atoms with Crippen molar-refractivity contribution in [3.63, 3.8) is 0 Å². The molecule has 2 aliphatic rings. The van der Waals surface area contributed by atoms with Gasteiger partial charge in [-0.15, -0.1) is 0 Å². The van der Waals surface area contributed by atoms with Crippen LogP contribution in [0.1, 0.15) is 19.8 Å². The zero-order valence-corrected chi connectivity index (χ0v) is 22.8. The first-order valence-electron chi connectivity index (χ1n) is 11.4. The first-order chi connectivity index (χ1) is 16.5. The number of piperazine rings is 1. The molecule has 1 unspecified atom stereocenters. The van der Waals surface area contributed by atoms with Crippen molar-refractivity contribution in [2.24, 2.45) is 5.92 Å². The Balaban J connectivity index is 1.55. The quantitative estimate of drug-likeness (QED) is 0.531. The van der Waals surface area contributed by atoms with Gasteiger partial charge in [-0.2, -0.15) is 8.61 Å². The van der Waals surface area contributed by atoms with E-state index >= 15 is 0 Å². The van der Waals surface area contributed by atoms with E-state index in [1.54, 1.807) is 22.5 Å². The van der Waals surface area contributed by atoms with E-state index in [1.165, 1.54) is 29.6 Å². The SMILES string of the molecule is COc1ccc(S(=O)(=O)N2CCCC(C)C2)cc1N1CCN(S(=O)(=O)c2cc(Cl)cc(Cl)c2)CC1. The van der Waals surface area contributed by atoms with E-state index in [0.717, 1.165) is 12.8 Å². The second kappa shape index (κ2) is 10.4. The van der Waals surface area contributed by atoms with Gasteiger partial charge in [0.25, 0.3) is 0 Å². The summed E-state index contributed by atoms with van der Waals surface area (Å²) in [5.74, 6) is 0.856. The smallest absolute Gasteiger partial charge is 0.243 e. The molecule has 0 saturated carbocycles. The van der Waals surface area contributed by atoms with Crippen LogP contribution in [0.3, 0.4) is 0 Å². The molecule has 1 atom stereocenters. The van der Waals surface area contributed by atoms with Crippen LogP contribution in [0.2, 0.25) is 10.0 Å². The number of rotatable bonds is 6. The van der Waals surface area contributed by atoms with Gasteiger partial charge >= 0.3 is 0 Å². The maximum Gasteiger partial charge on any atom is 0.243 e. The van der Waals surface area contributed by atoms with Gasteiger partial charge in [0.2, 0.25) is 20.0 Å². The van der Waals surface area contributed by atoms with Crippen molar-refractivity contribution in [2.45, 2.75) is 29.6 Å². The molecule has 2 aliphatic heterocycles. The second-order valence-corrected chi connectivity index (χ2v) is 13.7. The van der Waals surface area contributed by atoms with Gasteiger partial charge < -0.3 is 9.64 Å². The van der Waals surface area contributed by atoms with E-state index in [1.807, 2.05) is 4.90 Å². The normalized spacial score (nSPS) is 20.7. The molecule has 2 fully saturated rings. The number of methoxy groups -OCH3 is 1. The van der Waals surface area contributed by atoms with Gasteiger partial charge in [-0.3, -0.25) is 0 Å². The lowest BCUT2D eigenvalue weighted by Crippen LogP contribution is -2.48. The molecular formula is C23H29Cl2N3O5S2. The van der Waals surface area contributed by atoms with Crippen LogP contribution in [0, 0.1) is 5.92 Å². The summed E-state index contributed by atoms with van der Waals surface area (Å²) >= 11 is 12.0. The molecule has 0 amide bonds. The Morgan fingerprint density at radius 3 is 2.06 bits per heavy atom. The van der Waals surface area contributed by atoms with Gasteiger partial charge in [-0.1, -0.05) is 30.1 Å². The molecule has 0 N–H and O–H groups in total. The van der Waals surface area contributed by atoms with Gasteiger partial charge in [0.1, 0.15) is 5.75 Å². The molecule has 0 radical (unpaired) electrons. The maximum absolute atomic E-state index is 13.3. The van der Waals surface area contributed by atoms with E-state index in [9.17, 15) is 16.8 Å². The minimum atomic E-state index is -3.78. The Kier molecular flexibility index (Phi) is 7.90. The molecule has 35 heavy (non-hydrogen) atoms. The second-order valence-electron chi connectivity index (χ2n) is 8.94. The van der Waals surface area contributed by atoms with Crippen molar-refractivity contribution < 1.29 is 21.6 Å². The Bertz CT molecular complexity index is 1280. The van der Waals surface area contributed by atoms with Crippen molar-refractivity contribution in [2.75, 3.05) is 51.3 Å². The summed E-state index contributed by atoms with van der Waals surface area (Å²) < 4.78 is 61.3. The van der Waals surface area contributed by atoms with Crippen LogP contribution in [-0.2, 0) is 20.0 Å². The zero-order chi connectivity index (χ0) is 25.4. The first-order valence-corrected chi connectivity index (χ1v) is 15.1. The Labute approximate surface area is 217 Å². The molecular weight excluding hydrogens is 533 g/mol. The predicted molar refractivity (Wildman–Crippen MR) is 138 cm³/mol. The highest BCUT2D eigenvalue weighted by Gasteiger charge is 2.32. The summed E-state index contributed by atoms with van der Waals surface area (Å²) in [6.07, 6.45) is 1.87. The molecule has 0 aromatic heterocycles. The monoisotopic (exact) mass is 561 g/mol. The summed E-state index contributed by atoms with van der Waals surface area (Å²) in [5.41, 5.74) is 0.626. The fourth-order valence-corrected chi connectivity index (χ4v) is 8.36. The van der Waals surface area contributed by atoms with Crippen molar-refractivity contribution >= 4 is 48.9 Å². The van der Waals surface area contributed by atoms with Gasteiger partial charge in [0.05, 0.1) is 22.6 Å². The summed E-state index contributed by atoms with van der Waals surface area (Å²) in [5, 5.41) is 0.501. The predicted octanol–water partition coefficient (Wildman–Crippen LogP) is 3.93. The number of hydrogen-bond donors (Lipinski definition) is 0. The third kappa shape index (κ3) is 5.57. The Morgan fingerprint density at radius 2 is 1.46 bits per heavy atom. The average Bonchev–Trinajstić information content (AvgIpc) is 2.83. The van der Waals surface area contributed by atoms with E-state index in [4.69, 9.17) is 27.9 Å². The lowest BCUT2D eigenvalue weighted by Gasteiger charge is -2.36. The average molecular weight is 563 g/mol. The van der Waals surface area contributed by atoms with Crippen LogP contribution in [0.4, 0.5) is 5.69 Å². The van der Waals surface area contributed by atoms with Crippen LogP contribution >= 0.6 is 23.2 Å². The highest BCUT2D eigenvalue weighted by molar-refractivity contribution is 7.89. The van der Waals surface area contributed by atoms with Gasteiger partial charge in [0, 0.05) is 49.3 Å². The van der Waals surface area contributed by atoms with Crippen LogP contribution in [0.15, 0.2) is 46.2 Å². The largest absolute Gasteiger partial charge is 0.495 e. The maximum atomic E-state index is 13.3. The fraction of sp³-hybridized carbons (Fsp3) is 0.478. The molecule has 4 rings (SSSR count). The molecule has 2 heterocycles. The number of sulfonamides is 2. The summed E-state index contributed by atoms with van der Waals surface area (Å²) in [7, 11) is -5.88. The van der Waals surface area contributed by atoms with E-state index in [2.05, 4.69) is 6.92 Å². The number of benzene rings is 2. The van der Waals surface area contributed by atoms with Crippen molar-refractivity contribution in [1.29, 1.82) is 0 Å². The number of nitrogens with zero attached hydrogens (tertiary/aromatic N) is 3. The van der Waals surface area contributed by atoms with Crippen molar-refractivity contribution in [3.8, 4) is 5.75 Å². The molecule has 0 spiro atoms. The van der Waals surface area contributed by atoms with E-state index < -0.39 is 20.0 Å². The fourth-order valence-electron chi connectivity index (χ4n) is 4.59. The summed E-state index contributed by atoms with van der Waals surface area (Å²) in [6.45, 7) is 4.26. The van der Waals surface area contributed by atoms with Crippen molar-refractivity contribution in [3.05, 3.63) is 46.4 Å². The lowest BCUT2D eigenvalue weighted by atomic mass is 10.0. The van der Waals surface area contributed by atoms with Gasteiger partial charge in [0.15, 0.2) is 0 Å². The number of piperidine rings is 1.